The highest BCUT2D eigenvalue weighted by Crippen LogP contribution is 2.49. The third kappa shape index (κ3) is 6.08. The number of ether oxygens (including phenoxy) is 2. The fourth-order valence-electron chi connectivity index (χ4n) is 4.76. The van der Waals surface area contributed by atoms with E-state index in [4.69, 9.17) is 9.47 Å². The van der Waals surface area contributed by atoms with Crippen LogP contribution in [0, 0.1) is 0 Å². The van der Waals surface area contributed by atoms with Crippen molar-refractivity contribution in [2.24, 2.45) is 0 Å². The fourth-order valence-corrected chi connectivity index (χ4v) is 7.09. The number of alkyl halides is 1. The molecule has 2 heterocycles. The molecule has 1 N–H and O–H groups in total. The summed E-state index contributed by atoms with van der Waals surface area (Å²) in [6.45, 7) is 1.11. The molecular formula is C31H27BrN2O6S. The van der Waals surface area contributed by atoms with Gasteiger partial charge in [-0.3, -0.25) is 19.3 Å². The van der Waals surface area contributed by atoms with E-state index in [1.807, 2.05) is 91.0 Å². The topological polar surface area (TPSA) is 102 Å². The molecule has 0 saturated carbocycles. The number of nitrogens with zero attached hydrogens (tertiary/aromatic N) is 1. The second-order valence-electron chi connectivity index (χ2n) is 9.60. The number of amides is 2. The quantitative estimate of drug-likeness (QED) is 0.160. The van der Waals surface area contributed by atoms with Crippen molar-refractivity contribution < 1.29 is 28.7 Å². The van der Waals surface area contributed by atoms with Gasteiger partial charge in [0.1, 0.15) is 17.7 Å². The minimum Gasteiger partial charge on any atom is -0.461 e. The lowest BCUT2D eigenvalue weighted by molar-refractivity contribution is -0.156. The molecule has 2 aliphatic heterocycles. The number of esters is 2. The molecule has 0 aromatic heterocycles. The van der Waals surface area contributed by atoms with Gasteiger partial charge >= 0.3 is 11.9 Å². The van der Waals surface area contributed by atoms with Crippen LogP contribution in [0.25, 0.3) is 0 Å². The Morgan fingerprint density at radius 3 is 2.10 bits per heavy atom. The van der Waals surface area contributed by atoms with E-state index in [0.717, 1.165) is 16.7 Å². The van der Waals surface area contributed by atoms with Crippen LogP contribution in [0.4, 0.5) is 0 Å². The minimum atomic E-state index is -1.40. The van der Waals surface area contributed by atoms with Gasteiger partial charge in [0.05, 0.1) is 6.42 Å². The van der Waals surface area contributed by atoms with Crippen LogP contribution in [-0.2, 0) is 35.1 Å². The smallest absolute Gasteiger partial charge is 0.356 e. The van der Waals surface area contributed by atoms with E-state index < -0.39 is 33.8 Å². The van der Waals surface area contributed by atoms with Crippen molar-refractivity contribution in [2.75, 3.05) is 12.4 Å². The normalized spacial score (nSPS) is 19.7. The number of halogens is 1. The van der Waals surface area contributed by atoms with E-state index in [0.29, 0.717) is 5.57 Å². The van der Waals surface area contributed by atoms with Crippen LogP contribution in [0.2, 0.25) is 0 Å². The molecule has 210 valence electrons. The van der Waals surface area contributed by atoms with Crippen molar-refractivity contribution >= 4 is 51.4 Å². The van der Waals surface area contributed by atoms with Gasteiger partial charge in [-0.2, -0.15) is 0 Å². The molecule has 0 spiro atoms. The first-order valence-corrected chi connectivity index (χ1v) is 14.8. The first-order valence-electron chi connectivity index (χ1n) is 12.9. The van der Waals surface area contributed by atoms with Crippen molar-refractivity contribution in [1.29, 1.82) is 0 Å². The fraction of sp³-hybridized carbons (Fsp3) is 0.226. The number of hydrogen-bond acceptors (Lipinski definition) is 7. The number of fused-ring (bicyclic) bond motifs is 1. The summed E-state index contributed by atoms with van der Waals surface area (Å²) < 4.78 is 9.91. The molecule has 3 aromatic rings. The maximum atomic E-state index is 13.9. The Kier molecular flexibility index (Phi) is 8.60. The highest BCUT2D eigenvalue weighted by Gasteiger charge is 2.64. The van der Waals surface area contributed by atoms with E-state index in [9.17, 15) is 19.2 Å². The van der Waals surface area contributed by atoms with E-state index >= 15 is 0 Å². The highest BCUT2D eigenvalue weighted by atomic mass is 79.9. The molecule has 1 saturated heterocycles. The van der Waals surface area contributed by atoms with Crippen LogP contribution >= 0.6 is 27.7 Å². The Morgan fingerprint density at radius 2 is 1.54 bits per heavy atom. The molecule has 3 aromatic carbocycles. The second kappa shape index (κ2) is 12.3. The Balaban J connectivity index is 1.42. The Labute approximate surface area is 250 Å². The number of carbonyl (C=O) groups excluding carboxylic acids is 4. The number of β-lactam (4-membered cyclic amide) rings is 1. The molecule has 5 rings (SSSR count). The zero-order chi connectivity index (χ0) is 29.0. The number of rotatable bonds is 9. The molecule has 2 amide bonds. The van der Waals surface area contributed by atoms with Gasteiger partial charge in [0.15, 0.2) is 6.10 Å². The molecule has 8 nitrogen and oxygen atoms in total. The molecule has 0 bridgehead atoms. The minimum absolute atomic E-state index is 0.0178. The third-order valence-corrected chi connectivity index (χ3v) is 9.37. The van der Waals surface area contributed by atoms with Gasteiger partial charge in [-0.1, -0.05) is 91.0 Å². The summed E-state index contributed by atoms with van der Waals surface area (Å²) in [5.74, 6) is -1.81. The van der Waals surface area contributed by atoms with Crippen LogP contribution in [0.3, 0.4) is 0 Å². The van der Waals surface area contributed by atoms with Crippen LogP contribution < -0.4 is 5.32 Å². The molecule has 0 radical (unpaired) electrons. The highest BCUT2D eigenvalue weighted by molar-refractivity contribution is 9.10. The zero-order valence-electron chi connectivity index (χ0n) is 22.1. The van der Waals surface area contributed by atoms with Crippen molar-refractivity contribution in [3.05, 3.63) is 119 Å². The number of carbonyl (C=O) groups is 4. The standard InChI is InChI=1S/C31H27BrN2O6S/c1-20(35)39-18-24-19-41-30-31(32,33-25(36)17-21-11-5-2-6-12-21)29(38)34(30)26(24)28(37)40-27(22-13-7-3-8-14-22)23-15-9-4-10-16-23/h2-16,27,30H,17-19H2,1H3,(H,33,36)/t30-,31-/m1/s1. The van der Waals surface area contributed by atoms with Gasteiger partial charge < -0.3 is 14.8 Å². The Bertz CT molecular complexity index is 1440. The molecule has 1 fully saturated rings. The average molecular weight is 636 g/mol. The summed E-state index contributed by atoms with van der Waals surface area (Å²) in [4.78, 5) is 53.3. The Morgan fingerprint density at radius 1 is 0.976 bits per heavy atom. The van der Waals surface area contributed by atoms with Crippen LogP contribution in [0.5, 0.6) is 0 Å². The van der Waals surface area contributed by atoms with Crippen LogP contribution in [0.15, 0.2) is 102 Å². The first kappa shape index (κ1) is 28.6. The summed E-state index contributed by atoms with van der Waals surface area (Å²) in [5.41, 5.74) is 2.79. The van der Waals surface area contributed by atoms with Crippen LogP contribution in [-0.4, -0.2) is 50.8 Å². The monoisotopic (exact) mass is 634 g/mol. The van der Waals surface area contributed by atoms with Gasteiger partial charge in [-0.05, 0) is 32.6 Å². The molecule has 10 heteroatoms. The Hall–Kier alpha value is -3.89. The summed E-state index contributed by atoms with van der Waals surface area (Å²) in [7, 11) is 0. The molecular weight excluding hydrogens is 608 g/mol. The van der Waals surface area contributed by atoms with Crippen molar-refractivity contribution in [3.63, 3.8) is 0 Å². The number of benzene rings is 3. The van der Waals surface area contributed by atoms with E-state index in [1.165, 1.54) is 23.6 Å². The lowest BCUT2D eigenvalue weighted by Crippen LogP contribution is -2.77. The second-order valence-corrected chi connectivity index (χ2v) is 11.9. The molecule has 2 aliphatic rings. The van der Waals surface area contributed by atoms with E-state index in [1.54, 1.807) is 0 Å². The van der Waals surface area contributed by atoms with Gasteiger partial charge in [-0.15, -0.1) is 11.8 Å². The first-order chi connectivity index (χ1) is 19.8. The molecule has 0 unspecified atom stereocenters. The molecule has 2 atom stereocenters. The maximum Gasteiger partial charge on any atom is 0.356 e. The maximum absolute atomic E-state index is 13.9. The largest absolute Gasteiger partial charge is 0.461 e. The molecule has 41 heavy (non-hydrogen) atoms. The summed E-state index contributed by atoms with van der Waals surface area (Å²) in [6.07, 6.45) is -0.645. The third-order valence-electron chi connectivity index (χ3n) is 6.70. The predicted molar refractivity (Wildman–Crippen MR) is 158 cm³/mol. The number of nitrogens with one attached hydrogen (secondary N) is 1. The van der Waals surface area contributed by atoms with Gasteiger partial charge in [0.25, 0.3) is 5.91 Å². The molecule has 0 aliphatic carbocycles. The van der Waals surface area contributed by atoms with Crippen molar-refractivity contribution in [3.8, 4) is 0 Å². The predicted octanol–water partition coefficient (Wildman–Crippen LogP) is 4.50. The van der Waals surface area contributed by atoms with Gasteiger partial charge in [0.2, 0.25) is 10.4 Å². The van der Waals surface area contributed by atoms with Gasteiger partial charge in [0, 0.05) is 18.2 Å². The van der Waals surface area contributed by atoms with Crippen LogP contribution in [0.1, 0.15) is 29.7 Å². The SMILES string of the molecule is CC(=O)OCC1=C(C(=O)OC(c2ccccc2)c2ccccc2)N2C(=O)[C@@](Br)(NC(=O)Cc3ccccc3)[C@H]2SC1. The summed E-state index contributed by atoms with van der Waals surface area (Å²) >= 11 is 4.82. The van der Waals surface area contributed by atoms with Gasteiger partial charge in [-0.25, -0.2) is 4.79 Å². The van der Waals surface area contributed by atoms with E-state index in [-0.39, 0.29) is 30.4 Å². The summed E-state index contributed by atoms with van der Waals surface area (Å²) in [5, 5.41) is 2.19. The lowest BCUT2D eigenvalue weighted by Gasteiger charge is -2.54. The van der Waals surface area contributed by atoms with Crippen molar-refractivity contribution in [1.82, 2.24) is 10.2 Å². The van der Waals surface area contributed by atoms with Crippen molar-refractivity contribution in [2.45, 2.75) is 29.3 Å². The average Bonchev–Trinajstić information content (AvgIpc) is 2.99. The summed E-state index contributed by atoms with van der Waals surface area (Å²) in [6, 6.07) is 27.8. The number of thioether (sulfide) groups is 1. The van der Waals surface area contributed by atoms with E-state index in [2.05, 4.69) is 21.2 Å². The number of hydrogen-bond donors (Lipinski definition) is 1. The zero-order valence-corrected chi connectivity index (χ0v) is 24.5. The lowest BCUT2D eigenvalue weighted by atomic mass is 10.0.